The van der Waals surface area contributed by atoms with Crippen LogP contribution in [0.5, 0.6) is 0 Å². The Hall–Kier alpha value is -3.67. The van der Waals surface area contributed by atoms with Crippen molar-refractivity contribution < 1.29 is 18.0 Å². The lowest BCUT2D eigenvalue weighted by Gasteiger charge is -2.33. The number of halogens is 4. The summed E-state index contributed by atoms with van der Waals surface area (Å²) in [6.45, 7) is 1.43. The maximum absolute atomic E-state index is 13.5. The van der Waals surface area contributed by atoms with Crippen LogP contribution in [-0.2, 0) is 30.5 Å². The largest absolute Gasteiger partial charge is 0.416 e. The monoisotopic (exact) mass is 532 g/mol. The van der Waals surface area contributed by atoms with Gasteiger partial charge in [0.2, 0.25) is 17.1 Å². The zero-order valence-electron chi connectivity index (χ0n) is 19.7. The summed E-state index contributed by atoms with van der Waals surface area (Å²) in [7, 11) is 0. The first-order valence-electron chi connectivity index (χ1n) is 11.8. The second kappa shape index (κ2) is 10.0. The third kappa shape index (κ3) is 5.38. The number of aromatic nitrogens is 4. The van der Waals surface area contributed by atoms with Crippen LogP contribution in [0, 0.1) is 0 Å². The van der Waals surface area contributed by atoms with Gasteiger partial charge in [-0.2, -0.15) is 13.2 Å². The highest BCUT2D eigenvalue weighted by molar-refractivity contribution is 6.28. The van der Waals surface area contributed by atoms with Crippen LogP contribution in [-0.4, -0.2) is 49.9 Å². The summed E-state index contributed by atoms with van der Waals surface area (Å²) in [4.78, 5) is 34.4. The number of rotatable bonds is 5. The fourth-order valence-electron chi connectivity index (χ4n) is 4.80. The number of nitrogens with zero attached hydrogens (tertiary/aromatic N) is 6. The van der Waals surface area contributed by atoms with Crippen LogP contribution in [0.4, 0.5) is 30.6 Å². The summed E-state index contributed by atoms with van der Waals surface area (Å²) in [5.74, 6) is 0.855. The Bertz CT molecular complexity index is 1310. The number of hydrogen-bond acceptors (Lipinski definition) is 8. The van der Waals surface area contributed by atoms with Gasteiger partial charge in [0.25, 0.3) is 0 Å². The van der Waals surface area contributed by atoms with Crippen molar-refractivity contribution in [3.63, 3.8) is 0 Å². The number of carbonyl (C=O) groups excluding carboxylic acids is 1. The molecular formula is C24H24ClF3N8O. The molecule has 1 unspecified atom stereocenters. The molecule has 4 heterocycles. The normalized spacial score (nSPS) is 17.6. The predicted octanol–water partition coefficient (Wildman–Crippen LogP) is 3.69. The molecular weight excluding hydrogens is 509 g/mol. The van der Waals surface area contributed by atoms with Crippen LogP contribution in [0.2, 0.25) is 5.28 Å². The quantitative estimate of drug-likeness (QED) is 0.378. The van der Waals surface area contributed by atoms with E-state index in [4.69, 9.17) is 17.3 Å². The number of nitrogens with two attached hydrogens (primary N) is 1. The number of nitrogen functional groups attached to an aromatic ring is 1. The lowest BCUT2D eigenvalue weighted by molar-refractivity contribution is -0.137. The fourth-order valence-corrected chi connectivity index (χ4v) is 4.99. The Morgan fingerprint density at radius 3 is 2.70 bits per heavy atom. The maximum Gasteiger partial charge on any atom is 0.416 e. The van der Waals surface area contributed by atoms with E-state index in [1.807, 2.05) is 4.90 Å². The number of fused-ring (bicyclic) bond motifs is 1. The van der Waals surface area contributed by atoms with Crippen molar-refractivity contribution >= 4 is 35.0 Å². The number of amides is 1. The van der Waals surface area contributed by atoms with Gasteiger partial charge in [0.15, 0.2) is 0 Å². The average molecular weight is 533 g/mol. The molecule has 1 aromatic carbocycles. The molecule has 1 atom stereocenters. The second-order valence-corrected chi connectivity index (χ2v) is 9.33. The van der Waals surface area contributed by atoms with E-state index in [0.717, 1.165) is 18.6 Å². The Labute approximate surface area is 215 Å². The number of nitrogens with one attached hydrogen (secondary N) is 1. The molecule has 1 fully saturated rings. The van der Waals surface area contributed by atoms with E-state index in [-0.39, 0.29) is 36.0 Å². The van der Waals surface area contributed by atoms with Crippen molar-refractivity contribution in [1.82, 2.24) is 24.8 Å². The minimum absolute atomic E-state index is 0.00894. The minimum atomic E-state index is -4.51. The molecule has 2 aromatic heterocycles. The number of alkyl halides is 3. The molecule has 0 aliphatic carbocycles. The highest BCUT2D eigenvalue weighted by Crippen LogP contribution is 2.32. The standard InChI is InChI=1S/C24H24ClF3N8O/c25-22-33-18-4-8-35(21(37)19-3-1-7-36(19)23-30-5-2-6-31-23)13-17(18)20(34-22)32-12-14-9-15(24(26,27)28)11-16(29)10-14/h2,5-6,9-11,19H,1,3-4,7-8,12-13,29H2,(H,32,33,34). The van der Waals surface area contributed by atoms with E-state index in [1.165, 1.54) is 6.07 Å². The van der Waals surface area contributed by atoms with Crippen molar-refractivity contribution in [2.24, 2.45) is 0 Å². The smallest absolute Gasteiger partial charge is 0.399 e. The Morgan fingerprint density at radius 1 is 1.16 bits per heavy atom. The molecule has 2 aliphatic heterocycles. The molecule has 5 rings (SSSR count). The van der Waals surface area contributed by atoms with Gasteiger partial charge in [-0.3, -0.25) is 4.79 Å². The SMILES string of the molecule is Nc1cc(CNc2nc(Cl)nc3c2CN(C(=O)C2CCCN2c2ncccn2)CC3)cc(C(F)(F)F)c1. The van der Waals surface area contributed by atoms with E-state index in [1.54, 1.807) is 23.4 Å². The van der Waals surface area contributed by atoms with E-state index >= 15 is 0 Å². The van der Waals surface area contributed by atoms with Crippen LogP contribution >= 0.6 is 11.6 Å². The van der Waals surface area contributed by atoms with Gasteiger partial charge in [-0.15, -0.1) is 0 Å². The van der Waals surface area contributed by atoms with Gasteiger partial charge in [-0.1, -0.05) is 0 Å². The molecule has 0 bridgehead atoms. The third-order valence-corrected chi connectivity index (χ3v) is 6.66. The van der Waals surface area contributed by atoms with E-state index in [9.17, 15) is 18.0 Å². The molecule has 194 valence electrons. The van der Waals surface area contributed by atoms with Gasteiger partial charge in [-0.05, 0) is 54.3 Å². The summed E-state index contributed by atoms with van der Waals surface area (Å²) in [6.07, 6.45) is 0.807. The number of carbonyl (C=O) groups is 1. The molecule has 3 aromatic rings. The molecule has 0 radical (unpaired) electrons. The molecule has 1 amide bonds. The first kappa shape index (κ1) is 25.0. The van der Waals surface area contributed by atoms with Gasteiger partial charge in [0, 0.05) is 49.7 Å². The number of anilines is 3. The van der Waals surface area contributed by atoms with Gasteiger partial charge in [-0.25, -0.2) is 19.9 Å². The van der Waals surface area contributed by atoms with Gasteiger partial charge in [0.1, 0.15) is 11.9 Å². The zero-order chi connectivity index (χ0) is 26.2. The zero-order valence-corrected chi connectivity index (χ0v) is 20.4. The summed E-state index contributed by atoms with van der Waals surface area (Å²) in [6, 6.07) is 4.75. The lowest BCUT2D eigenvalue weighted by atomic mass is 10.0. The Morgan fingerprint density at radius 2 is 1.95 bits per heavy atom. The summed E-state index contributed by atoms with van der Waals surface area (Å²) >= 11 is 6.13. The molecule has 37 heavy (non-hydrogen) atoms. The Balaban J connectivity index is 1.35. The van der Waals surface area contributed by atoms with Crippen LogP contribution in [0.3, 0.4) is 0 Å². The molecule has 2 aliphatic rings. The molecule has 13 heteroatoms. The number of benzene rings is 1. The highest BCUT2D eigenvalue weighted by Gasteiger charge is 2.37. The van der Waals surface area contributed by atoms with Crippen LogP contribution in [0.1, 0.15) is 35.2 Å². The van der Waals surface area contributed by atoms with Crippen molar-refractivity contribution in [3.05, 3.63) is 64.3 Å². The average Bonchev–Trinajstić information content (AvgIpc) is 3.36. The van der Waals surface area contributed by atoms with Gasteiger partial charge >= 0.3 is 6.18 Å². The van der Waals surface area contributed by atoms with E-state index in [0.29, 0.717) is 54.5 Å². The first-order chi connectivity index (χ1) is 17.7. The summed E-state index contributed by atoms with van der Waals surface area (Å²) in [5, 5.41) is 3.09. The van der Waals surface area contributed by atoms with Crippen LogP contribution in [0.25, 0.3) is 0 Å². The van der Waals surface area contributed by atoms with Gasteiger partial charge in [0.05, 0.1) is 17.8 Å². The van der Waals surface area contributed by atoms with E-state index < -0.39 is 11.7 Å². The van der Waals surface area contributed by atoms with Crippen LogP contribution < -0.4 is 16.0 Å². The molecule has 3 N–H and O–H groups in total. The molecule has 0 saturated carbocycles. The maximum atomic E-state index is 13.5. The third-order valence-electron chi connectivity index (χ3n) is 6.49. The van der Waals surface area contributed by atoms with Crippen molar-refractivity contribution in [3.8, 4) is 0 Å². The summed E-state index contributed by atoms with van der Waals surface area (Å²) < 4.78 is 39.6. The predicted molar refractivity (Wildman–Crippen MR) is 132 cm³/mol. The summed E-state index contributed by atoms with van der Waals surface area (Å²) in [5.41, 5.74) is 6.60. The van der Waals surface area contributed by atoms with Crippen LogP contribution in [0.15, 0.2) is 36.7 Å². The molecule has 1 saturated heterocycles. The topological polar surface area (TPSA) is 113 Å². The van der Waals surface area contributed by atoms with Crippen molar-refractivity contribution in [1.29, 1.82) is 0 Å². The first-order valence-corrected chi connectivity index (χ1v) is 12.1. The van der Waals surface area contributed by atoms with Crippen molar-refractivity contribution in [2.45, 2.75) is 44.6 Å². The Kier molecular flexibility index (Phi) is 6.76. The van der Waals surface area contributed by atoms with E-state index in [2.05, 4.69) is 25.3 Å². The fraction of sp³-hybridized carbons (Fsp3) is 0.375. The number of hydrogen-bond donors (Lipinski definition) is 2. The van der Waals surface area contributed by atoms with Crippen molar-refractivity contribution in [2.75, 3.05) is 29.0 Å². The highest BCUT2D eigenvalue weighted by atomic mass is 35.5. The second-order valence-electron chi connectivity index (χ2n) is 8.99. The minimum Gasteiger partial charge on any atom is -0.399 e. The molecule has 0 spiro atoms. The molecule has 9 nitrogen and oxygen atoms in total. The lowest BCUT2D eigenvalue weighted by Crippen LogP contribution is -2.48. The van der Waals surface area contributed by atoms with Gasteiger partial charge < -0.3 is 20.9 Å².